The molecule has 2 heterocycles. The second-order valence-corrected chi connectivity index (χ2v) is 21.2. The number of nitrogens with zero attached hydrogens (tertiary/aromatic N) is 2. The van der Waals surface area contributed by atoms with E-state index in [1.165, 1.54) is 3.58 Å². The number of ether oxygens (including phenoxy) is 2. The molecule has 2 aromatic rings. The van der Waals surface area contributed by atoms with E-state index >= 15 is 0 Å². The van der Waals surface area contributed by atoms with Crippen molar-refractivity contribution in [3.05, 3.63) is 41.1 Å². The van der Waals surface area contributed by atoms with Crippen LogP contribution in [0.25, 0.3) is 0 Å². The van der Waals surface area contributed by atoms with Crippen molar-refractivity contribution in [1.82, 2.24) is 9.97 Å². The van der Waals surface area contributed by atoms with Crippen LogP contribution in [0.2, 0.25) is 14.8 Å². The molecular formula is C17H25BrN2O2Sn. The number of halogens is 1. The summed E-state index contributed by atoms with van der Waals surface area (Å²) >= 11 is 1.38. The molecule has 0 bridgehead atoms. The van der Waals surface area contributed by atoms with Crippen molar-refractivity contribution in [2.45, 2.75) is 28.7 Å². The van der Waals surface area contributed by atoms with Gasteiger partial charge in [-0.15, -0.1) is 0 Å². The maximum absolute atomic E-state index is 5.29. The largest absolute Gasteiger partial charge is 0.478 e. The first kappa shape index (κ1) is 20.2. The quantitative estimate of drug-likeness (QED) is 0.591. The zero-order valence-corrected chi connectivity index (χ0v) is 18.9. The molecule has 0 fully saturated rings. The van der Waals surface area contributed by atoms with Crippen LogP contribution in [0, 0.1) is 0 Å². The summed E-state index contributed by atoms with van der Waals surface area (Å²) in [7, 11) is 0. The number of rotatable bonds is 5. The molecule has 6 heteroatoms. The van der Waals surface area contributed by atoms with Gasteiger partial charge >= 0.3 is 84.2 Å². The third kappa shape index (κ3) is 8.01. The van der Waals surface area contributed by atoms with Crippen molar-refractivity contribution in [3.8, 4) is 11.8 Å². The van der Waals surface area contributed by atoms with Crippen LogP contribution < -0.4 is 13.1 Å². The molecule has 0 radical (unpaired) electrons. The maximum atomic E-state index is 5.29. The second kappa shape index (κ2) is 10.1. The zero-order valence-electron chi connectivity index (χ0n) is 14.5. The van der Waals surface area contributed by atoms with Crippen LogP contribution in [0.5, 0.6) is 11.8 Å². The Kier molecular flexibility index (Phi) is 8.91. The van der Waals surface area contributed by atoms with Crippen molar-refractivity contribution in [2.75, 3.05) is 13.2 Å². The van der Waals surface area contributed by atoms with Gasteiger partial charge in [0.2, 0.25) is 5.88 Å². The summed E-state index contributed by atoms with van der Waals surface area (Å²) in [6.07, 6.45) is 3.69. The molecule has 0 aliphatic rings. The van der Waals surface area contributed by atoms with E-state index in [-0.39, 0.29) is 0 Å². The van der Waals surface area contributed by atoms with Crippen molar-refractivity contribution < 1.29 is 9.47 Å². The summed E-state index contributed by atoms with van der Waals surface area (Å²) in [6, 6.07) is 7.86. The van der Waals surface area contributed by atoms with Crippen LogP contribution in [-0.4, -0.2) is 41.6 Å². The Labute approximate surface area is 151 Å². The molecule has 2 rings (SSSR count). The molecule has 0 atom stereocenters. The Hall–Kier alpha value is -0.821. The molecule has 0 aliphatic carbocycles. The fourth-order valence-electron chi connectivity index (χ4n) is 1.65. The predicted molar refractivity (Wildman–Crippen MR) is 101 cm³/mol. The number of pyridine rings is 2. The molecule has 0 N–H and O–H groups in total. The van der Waals surface area contributed by atoms with E-state index in [0.717, 1.165) is 10.4 Å². The molecule has 0 unspecified atom stereocenters. The Balaban J connectivity index is 0.000000238. The fraction of sp³-hybridized carbons (Fsp3) is 0.412. The average Bonchev–Trinajstić information content (AvgIpc) is 2.51. The number of aromatic nitrogens is 2. The summed E-state index contributed by atoms with van der Waals surface area (Å²) < 4.78 is 12.8. The summed E-state index contributed by atoms with van der Waals surface area (Å²) in [5, 5.41) is 0. The van der Waals surface area contributed by atoms with Crippen molar-refractivity contribution in [2.24, 2.45) is 0 Å². The standard InChI is InChI=1S/C7H8BrNO.C7H8NO.3CH3.Sn/c1-2-10-7-4-3-6(8)5-9-7;1-2-9-7-5-3-4-6-8-7;;;;/h3-5H,2H2,1H3;3,5-6H,2H2,1H3;3*1H3;. The van der Waals surface area contributed by atoms with E-state index in [1.54, 1.807) is 6.20 Å². The van der Waals surface area contributed by atoms with Gasteiger partial charge in [-0.1, -0.05) is 0 Å². The first-order valence-electron chi connectivity index (χ1n) is 7.70. The van der Waals surface area contributed by atoms with Crippen LogP contribution in [0.15, 0.2) is 41.1 Å². The van der Waals surface area contributed by atoms with E-state index < -0.39 is 18.4 Å². The van der Waals surface area contributed by atoms with E-state index in [4.69, 9.17) is 9.47 Å². The average molecular weight is 488 g/mol. The molecule has 126 valence electrons. The third-order valence-corrected chi connectivity index (χ3v) is 9.14. The first-order chi connectivity index (χ1) is 10.9. The van der Waals surface area contributed by atoms with Crippen LogP contribution >= 0.6 is 15.9 Å². The van der Waals surface area contributed by atoms with Gasteiger partial charge in [-0.25, -0.2) is 4.98 Å². The molecular weight excluding hydrogens is 463 g/mol. The minimum Gasteiger partial charge on any atom is -0.478 e. The molecule has 0 saturated carbocycles. The Morgan fingerprint density at radius 3 is 1.74 bits per heavy atom. The summed E-state index contributed by atoms with van der Waals surface area (Å²) in [6.45, 7) is 5.25. The van der Waals surface area contributed by atoms with Gasteiger partial charge in [0, 0.05) is 16.7 Å². The van der Waals surface area contributed by atoms with Gasteiger partial charge in [0.25, 0.3) is 0 Å². The first-order valence-corrected chi connectivity index (χ1v) is 18.5. The van der Waals surface area contributed by atoms with Crippen molar-refractivity contribution >= 4 is 37.9 Å². The predicted octanol–water partition coefficient (Wildman–Crippen LogP) is 4.27. The zero-order chi connectivity index (χ0) is 17.3. The van der Waals surface area contributed by atoms with E-state index in [9.17, 15) is 0 Å². The second-order valence-electron chi connectivity index (χ2n) is 5.82. The monoisotopic (exact) mass is 488 g/mol. The minimum atomic E-state index is -1.89. The Morgan fingerprint density at radius 2 is 1.39 bits per heavy atom. The topological polar surface area (TPSA) is 44.2 Å². The normalized spacial score (nSPS) is 10.5. The van der Waals surface area contributed by atoms with E-state index in [2.05, 4.69) is 46.8 Å². The Morgan fingerprint density at radius 1 is 0.870 bits per heavy atom. The van der Waals surface area contributed by atoms with Gasteiger partial charge < -0.3 is 4.74 Å². The van der Waals surface area contributed by atoms with Crippen LogP contribution in [0.1, 0.15) is 13.8 Å². The summed E-state index contributed by atoms with van der Waals surface area (Å²) in [5.41, 5.74) is 0. The van der Waals surface area contributed by atoms with E-state index in [0.29, 0.717) is 19.1 Å². The van der Waals surface area contributed by atoms with Crippen molar-refractivity contribution in [3.63, 3.8) is 0 Å². The molecule has 2 aromatic heterocycles. The van der Waals surface area contributed by atoms with Gasteiger partial charge in [-0.05, 0) is 28.9 Å². The van der Waals surface area contributed by atoms with Crippen LogP contribution in [-0.2, 0) is 0 Å². The van der Waals surface area contributed by atoms with Crippen LogP contribution in [0.4, 0.5) is 0 Å². The fourth-order valence-corrected chi connectivity index (χ4v) is 4.84. The number of hydrogen-bond acceptors (Lipinski definition) is 4. The molecule has 0 aliphatic heterocycles. The molecule has 0 spiro atoms. The van der Waals surface area contributed by atoms with E-state index in [1.807, 2.05) is 38.2 Å². The van der Waals surface area contributed by atoms with Gasteiger partial charge in [-0.2, -0.15) is 0 Å². The summed E-state index contributed by atoms with van der Waals surface area (Å²) in [4.78, 5) is 15.4. The summed E-state index contributed by atoms with van der Waals surface area (Å²) in [5.74, 6) is 1.41. The molecule has 0 aromatic carbocycles. The van der Waals surface area contributed by atoms with Crippen LogP contribution in [0.3, 0.4) is 0 Å². The van der Waals surface area contributed by atoms with Crippen molar-refractivity contribution in [1.29, 1.82) is 0 Å². The molecule has 0 amide bonds. The van der Waals surface area contributed by atoms with Gasteiger partial charge in [0.15, 0.2) is 0 Å². The molecule has 4 nitrogen and oxygen atoms in total. The molecule has 0 saturated heterocycles. The third-order valence-electron chi connectivity index (χ3n) is 2.89. The van der Waals surface area contributed by atoms with Gasteiger partial charge in [-0.3, -0.25) is 0 Å². The van der Waals surface area contributed by atoms with Gasteiger partial charge in [0.05, 0.1) is 6.61 Å². The Bertz CT molecular complexity index is 569. The number of hydrogen-bond donors (Lipinski definition) is 0. The SMILES string of the molecule is CCOc1cc[c]([Sn]([CH3])([CH3])[CH3])cn1.CCOc1ccc(Br)cn1. The maximum Gasteiger partial charge on any atom is 0.213 e. The van der Waals surface area contributed by atoms with Gasteiger partial charge in [0.1, 0.15) is 0 Å². The minimum absolute atomic E-state index is 0.661. The smallest absolute Gasteiger partial charge is 0.213 e. The molecule has 23 heavy (non-hydrogen) atoms.